The molecule has 1 atom stereocenters. The number of allylic oxidation sites excluding steroid dienone is 3. The monoisotopic (exact) mass is 282 g/mol. The van der Waals surface area contributed by atoms with Crippen molar-refractivity contribution in [3.8, 4) is 0 Å². The number of aryl methyl sites for hydroxylation is 1. The van der Waals surface area contributed by atoms with E-state index in [9.17, 15) is 0 Å². The minimum Gasteiger partial charge on any atom is -0.103 e. The Balaban J connectivity index is 0.000000282. The molecule has 2 aliphatic carbocycles. The van der Waals surface area contributed by atoms with Crippen molar-refractivity contribution in [1.29, 1.82) is 0 Å². The van der Waals surface area contributed by atoms with Crippen molar-refractivity contribution in [3.63, 3.8) is 0 Å². The molecule has 1 aromatic carbocycles. The zero-order valence-corrected chi connectivity index (χ0v) is 14.0. The Morgan fingerprint density at radius 3 is 2.62 bits per heavy atom. The van der Waals surface area contributed by atoms with Crippen LogP contribution in [0, 0.1) is 6.92 Å². The second-order valence-electron chi connectivity index (χ2n) is 6.45. The normalized spacial score (nSPS) is 20.0. The van der Waals surface area contributed by atoms with Crippen LogP contribution in [0.15, 0.2) is 36.4 Å². The summed E-state index contributed by atoms with van der Waals surface area (Å²) >= 11 is 0. The minimum atomic E-state index is 0.684. The second-order valence-corrected chi connectivity index (χ2v) is 6.45. The van der Waals surface area contributed by atoms with Gasteiger partial charge in [0, 0.05) is 5.92 Å². The molecule has 0 N–H and O–H groups in total. The van der Waals surface area contributed by atoms with Gasteiger partial charge in [0.25, 0.3) is 0 Å². The van der Waals surface area contributed by atoms with Crippen LogP contribution in [-0.4, -0.2) is 0 Å². The molecule has 1 unspecified atom stereocenters. The largest absolute Gasteiger partial charge is 0.103 e. The highest BCUT2D eigenvalue weighted by Crippen LogP contribution is 2.47. The van der Waals surface area contributed by atoms with Gasteiger partial charge in [-0.05, 0) is 55.7 Å². The van der Waals surface area contributed by atoms with Crippen LogP contribution in [0.4, 0.5) is 0 Å². The van der Waals surface area contributed by atoms with E-state index < -0.39 is 0 Å². The number of benzene rings is 1. The molecular weight excluding hydrogens is 252 g/mol. The first-order valence-electron chi connectivity index (χ1n) is 8.62. The minimum absolute atomic E-state index is 0.684. The summed E-state index contributed by atoms with van der Waals surface area (Å²) in [4.78, 5) is 0. The molecular formula is C21H30. The highest BCUT2D eigenvalue weighted by molar-refractivity contribution is 5.78. The summed E-state index contributed by atoms with van der Waals surface area (Å²) < 4.78 is 0. The number of fused-ring (bicyclic) bond motifs is 2. The van der Waals surface area contributed by atoms with Gasteiger partial charge >= 0.3 is 0 Å². The van der Waals surface area contributed by atoms with E-state index in [2.05, 4.69) is 45.5 Å². The molecule has 114 valence electrons. The second kappa shape index (κ2) is 7.64. The lowest BCUT2D eigenvalue weighted by Gasteiger charge is -2.10. The van der Waals surface area contributed by atoms with E-state index in [-0.39, 0.29) is 0 Å². The lowest BCUT2D eigenvalue weighted by atomic mass is 9.94. The van der Waals surface area contributed by atoms with E-state index in [0.29, 0.717) is 5.92 Å². The molecule has 0 aliphatic heterocycles. The number of unbranched alkanes of at least 4 members (excludes halogenated alkanes) is 1. The van der Waals surface area contributed by atoms with Crippen molar-refractivity contribution in [2.75, 3.05) is 0 Å². The van der Waals surface area contributed by atoms with E-state index >= 15 is 0 Å². The van der Waals surface area contributed by atoms with Crippen LogP contribution >= 0.6 is 0 Å². The molecule has 2 aliphatic rings. The Morgan fingerprint density at radius 1 is 1.19 bits per heavy atom. The van der Waals surface area contributed by atoms with Gasteiger partial charge in [-0.3, -0.25) is 0 Å². The number of rotatable bonds is 2. The molecule has 0 amide bonds. The predicted octanol–water partition coefficient (Wildman–Crippen LogP) is 6.80. The molecule has 21 heavy (non-hydrogen) atoms. The van der Waals surface area contributed by atoms with Crippen LogP contribution < -0.4 is 0 Å². The average Bonchev–Trinajstić information content (AvgIpc) is 2.66. The fourth-order valence-corrected chi connectivity index (χ4v) is 3.59. The third-order valence-electron chi connectivity index (χ3n) is 4.78. The van der Waals surface area contributed by atoms with Crippen LogP contribution in [0.1, 0.15) is 81.4 Å². The zero-order valence-electron chi connectivity index (χ0n) is 14.0. The molecule has 0 heterocycles. The maximum absolute atomic E-state index is 3.55. The van der Waals surface area contributed by atoms with Crippen molar-refractivity contribution in [1.82, 2.24) is 0 Å². The molecule has 0 nitrogen and oxygen atoms in total. The van der Waals surface area contributed by atoms with E-state index in [0.717, 1.165) is 6.42 Å². The van der Waals surface area contributed by atoms with Gasteiger partial charge in [0.05, 0.1) is 0 Å². The molecule has 0 saturated carbocycles. The molecule has 0 aromatic heterocycles. The molecule has 0 heteroatoms. The van der Waals surface area contributed by atoms with Gasteiger partial charge < -0.3 is 0 Å². The van der Waals surface area contributed by atoms with Gasteiger partial charge in [0.1, 0.15) is 0 Å². The highest BCUT2D eigenvalue weighted by Gasteiger charge is 2.28. The molecule has 1 aromatic rings. The first kappa shape index (κ1) is 16.1. The smallest absolute Gasteiger partial charge is 0.00318 e. The Labute approximate surface area is 131 Å². The number of hydrogen-bond acceptors (Lipinski definition) is 0. The van der Waals surface area contributed by atoms with Crippen LogP contribution in [-0.2, 0) is 0 Å². The van der Waals surface area contributed by atoms with Crippen LogP contribution in [0.2, 0.25) is 0 Å². The van der Waals surface area contributed by atoms with E-state index in [1.54, 1.807) is 22.3 Å². The summed E-state index contributed by atoms with van der Waals surface area (Å²) in [7, 11) is 0. The molecule has 3 rings (SSSR count). The standard InChI is InChI=1S/C16H20.C5H10/c1-11-8-9-14-12(2)13-6-4-3-5-7-15(13)16(14)10-11;1-3-5-4-2/h8-10,12H,3-7H2,1-2H3;3H,1,4-5H2,2H3. The summed E-state index contributed by atoms with van der Waals surface area (Å²) in [5, 5.41) is 0. The van der Waals surface area contributed by atoms with Gasteiger partial charge in [0.15, 0.2) is 0 Å². The van der Waals surface area contributed by atoms with E-state index in [1.807, 2.05) is 6.08 Å². The van der Waals surface area contributed by atoms with Gasteiger partial charge in [-0.25, -0.2) is 0 Å². The third-order valence-corrected chi connectivity index (χ3v) is 4.78. The maximum Gasteiger partial charge on any atom is 0.00318 e. The summed E-state index contributed by atoms with van der Waals surface area (Å²) in [6.07, 6.45) is 11.2. The predicted molar refractivity (Wildman–Crippen MR) is 94.7 cm³/mol. The fraction of sp³-hybridized carbons (Fsp3) is 0.524. The van der Waals surface area contributed by atoms with Crippen molar-refractivity contribution in [3.05, 3.63) is 53.1 Å². The fourth-order valence-electron chi connectivity index (χ4n) is 3.59. The molecule has 0 radical (unpaired) electrons. The van der Waals surface area contributed by atoms with Crippen LogP contribution in [0.3, 0.4) is 0 Å². The summed E-state index contributed by atoms with van der Waals surface area (Å²) in [6, 6.07) is 7.02. The van der Waals surface area contributed by atoms with Gasteiger partial charge in [-0.15, -0.1) is 6.58 Å². The van der Waals surface area contributed by atoms with Crippen molar-refractivity contribution >= 4 is 5.57 Å². The Hall–Kier alpha value is -1.30. The third kappa shape index (κ3) is 3.67. The highest BCUT2D eigenvalue weighted by atomic mass is 14.3. The molecule has 0 saturated heterocycles. The SMILES string of the molecule is C=CCCC.Cc1ccc2c(c1)C1=C(CCCCC1)C2C. The molecule has 0 bridgehead atoms. The Morgan fingerprint density at radius 2 is 1.95 bits per heavy atom. The number of hydrogen-bond donors (Lipinski definition) is 0. The van der Waals surface area contributed by atoms with Crippen molar-refractivity contribution in [2.24, 2.45) is 0 Å². The van der Waals surface area contributed by atoms with E-state index in [4.69, 9.17) is 0 Å². The Bertz CT molecular complexity index is 519. The van der Waals surface area contributed by atoms with Crippen LogP contribution in [0.25, 0.3) is 5.57 Å². The summed E-state index contributed by atoms with van der Waals surface area (Å²) in [5.74, 6) is 0.684. The van der Waals surface area contributed by atoms with Crippen molar-refractivity contribution < 1.29 is 0 Å². The summed E-state index contributed by atoms with van der Waals surface area (Å²) in [6.45, 7) is 10.3. The van der Waals surface area contributed by atoms with E-state index in [1.165, 1.54) is 44.1 Å². The Kier molecular flexibility index (Phi) is 5.85. The quantitative estimate of drug-likeness (QED) is 0.523. The van der Waals surface area contributed by atoms with Gasteiger partial charge in [-0.2, -0.15) is 0 Å². The topological polar surface area (TPSA) is 0 Å². The lowest BCUT2D eigenvalue weighted by molar-refractivity contribution is 0.692. The van der Waals surface area contributed by atoms with Gasteiger partial charge in [-0.1, -0.05) is 62.1 Å². The lowest BCUT2D eigenvalue weighted by Crippen LogP contribution is -1.93. The molecule has 0 spiro atoms. The molecule has 0 fully saturated rings. The average molecular weight is 282 g/mol. The maximum atomic E-state index is 3.55. The summed E-state index contributed by atoms with van der Waals surface area (Å²) in [5.41, 5.74) is 8.01. The first-order chi connectivity index (χ1) is 10.2. The van der Waals surface area contributed by atoms with Crippen molar-refractivity contribution in [2.45, 2.75) is 71.6 Å². The van der Waals surface area contributed by atoms with Crippen LogP contribution in [0.5, 0.6) is 0 Å². The first-order valence-corrected chi connectivity index (χ1v) is 8.62. The zero-order chi connectivity index (χ0) is 15.2. The van der Waals surface area contributed by atoms with Gasteiger partial charge in [0.2, 0.25) is 0 Å².